The van der Waals surface area contributed by atoms with E-state index in [1.54, 1.807) is 32.4 Å². The molecule has 3 aromatic rings. The number of hydrogen-bond acceptors (Lipinski definition) is 5. The number of benzene rings is 2. The maximum absolute atomic E-state index is 12.5. The van der Waals surface area contributed by atoms with Gasteiger partial charge in [-0.3, -0.25) is 4.79 Å². The van der Waals surface area contributed by atoms with E-state index in [4.69, 9.17) is 9.47 Å². The monoisotopic (exact) mass is 326 g/mol. The van der Waals surface area contributed by atoms with Crippen molar-refractivity contribution >= 4 is 16.9 Å². The van der Waals surface area contributed by atoms with Crippen LogP contribution in [0.5, 0.6) is 11.5 Å². The van der Waals surface area contributed by atoms with Crippen molar-refractivity contribution in [2.24, 2.45) is 0 Å². The standard InChI is InChI=1S/C17H18N4O3/c1-10(13-9-12(23-2)5-7-16(13)24-3)18-17(22)11-4-6-14-15(8-11)20-21-19-14/h4-10H,1-3H3,(H,18,22)(H,19,20,21)/t10-/m0/s1. The largest absolute Gasteiger partial charge is 0.497 e. The molecule has 2 N–H and O–H groups in total. The van der Waals surface area contributed by atoms with Gasteiger partial charge in [0.05, 0.1) is 20.3 Å². The number of aromatic amines is 1. The molecular weight excluding hydrogens is 308 g/mol. The zero-order valence-electron chi connectivity index (χ0n) is 13.7. The van der Waals surface area contributed by atoms with Crippen LogP contribution in [0.4, 0.5) is 0 Å². The van der Waals surface area contributed by atoms with Crippen LogP contribution in [0.2, 0.25) is 0 Å². The van der Waals surface area contributed by atoms with Gasteiger partial charge in [0.1, 0.15) is 22.5 Å². The summed E-state index contributed by atoms with van der Waals surface area (Å²) in [4.78, 5) is 12.5. The lowest BCUT2D eigenvalue weighted by molar-refractivity contribution is 0.0939. The van der Waals surface area contributed by atoms with E-state index in [1.807, 2.05) is 25.1 Å². The van der Waals surface area contributed by atoms with Gasteiger partial charge in [-0.1, -0.05) is 0 Å². The summed E-state index contributed by atoms with van der Waals surface area (Å²) in [7, 11) is 3.19. The minimum absolute atomic E-state index is 0.197. The van der Waals surface area contributed by atoms with Crippen molar-refractivity contribution in [3.05, 3.63) is 47.5 Å². The number of fused-ring (bicyclic) bond motifs is 1. The Morgan fingerprint density at radius 1 is 1.08 bits per heavy atom. The van der Waals surface area contributed by atoms with Gasteiger partial charge in [-0.25, -0.2) is 0 Å². The molecule has 0 bridgehead atoms. The lowest BCUT2D eigenvalue weighted by atomic mass is 10.1. The summed E-state index contributed by atoms with van der Waals surface area (Å²) in [6.07, 6.45) is 0. The molecule has 2 aromatic carbocycles. The van der Waals surface area contributed by atoms with Crippen LogP contribution < -0.4 is 14.8 Å². The van der Waals surface area contributed by atoms with Gasteiger partial charge in [-0.05, 0) is 43.3 Å². The molecule has 7 heteroatoms. The Morgan fingerprint density at radius 3 is 2.62 bits per heavy atom. The molecule has 0 aliphatic carbocycles. The predicted octanol–water partition coefficient (Wildman–Crippen LogP) is 2.47. The first-order chi connectivity index (χ1) is 11.6. The molecule has 124 valence electrons. The molecule has 24 heavy (non-hydrogen) atoms. The molecule has 7 nitrogen and oxygen atoms in total. The third-order valence-corrected chi connectivity index (χ3v) is 3.83. The van der Waals surface area contributed by atoms with Crippen LogP contribution in [0.1, 0.15) is 28.9 Å². The van der Waals surface area contributed by atoms with E-state index in [0.29, 0.717) is 28.1 Å². The second kappa shape index (κ2) is 6.57. The number of carbonyl (C=O) groups is 1. The molecule has 0 spiro atoms. The van der Waals surface area contributed by atoms with Crippen LogP contribution in [-0.2, 0) is 0 Å². The van der Waals surface area contributed by atoms with Crippen molar-refractivity contribution in [1.82, 2.24) is 20.7 Å². The van der Waals surface area contributed by atoms with Crippen molar-refractivity contribution in [2.45, 2.75) is 13.0 Å². The van der Waals surface area contributed by atoms with Crippen molar-refractivity contribution < 1.29 is 14.3 Å². The van der Waals surface area contributed by atoms with E-state index in [1.165, 1.54) is 0 Å². The number of ether oxygens (including phenoxy) is 2. The Morgan fingerprint density at radius 2 is 1.88 bits per heavy atom. The minimum atomic E-state index is -0.254. The zero-order valence-corrected chi connectivity index (χ0v) is 13.7. The van der Waals surface area contributed by atoms with E-state index >= 15 is 0 Å². The van der Waals surface area contributed by atoms with Gasteiger partial charge >= 0.3 is 0 Å². The van der Waals surface area contributed by atoms with Gasteiger partial charge in [-0.2, -0.15) is 15.4 Å². The fraction of sp³-hybridized carbons (Fsp3) is 0.235. The Bertz CT molecular complexity index is 875. The average Bonchev–Trinajstić information content (AvgIpc) is 3.08. The van der Waals surface area contributed by atoms with Gasteiger partial charge in [0.25, 0.3) is 5.91 Å². The summed E-state index contributed by atoms with van der Waals surface area (Å²) in [6, 6.07) is 10.4. The number of hydrogen-bond donors (Lipinski definition) is 2. The number of carbonyl (C=O) groups excluding carboxylic acids is 1. The molecule has 0 fully saturated rings. The second-order valence-corrected chi connectivity index (χ2v) is 5.33. The first-order valence-electron chi connectivity index (χ1n) is 7.45. The summed E-state index contributed by atoms with van der Waals surface area (Å²) in [5.74, 6) is 1.20. The van der Waals surface area contributed by atoms with Crippen molar-refractivity contribution in [2.75, 3.05) is 14.2 Å². The van der Waals surface area contributed by atoms with Crippen molar-refractivity contribution in [3.63, 3.8) is 0 Å². The van der Waals surface area contributed by atoms with Gasteiger partial charge < -0.3 is 14.8 Å². The number of methoxy groups -OCH3 is 2. The maximum atomic E-state index is 12.5. The average molecular weight is 326 g/mol. The van der Waals surface area contributed by atoms with Gasteiger partial charge in [0.2, 0.25) is 0 Å². The molecule has 0 aliphatic rings. The third kappa shape index (κ3) is 3.01. The molecule has 3 rings (SSSR count). The van der Waals surface area contributed by atoms with Crippen LogP contribution in [-0.4, -0.2) is 35.5 Å². The van der Waals surface area contributed by atoms with E-state index in [0.717, 1.165) is 5.56 Å². The van der Waals surface area contributed by atoms with E-state index < -0.39 is 0 Å². The molecule has 0 saturated carbocycles. The molecule has 0 radical (unpaired) electrons. The molecule has 1 aromatic heterocycles. The van der Waals surface area contributed by atoms with Crippen LogP contribution in [0, 0.1) is 0 Å². The fourth-order valence-corrected chi connectivity index (χ4v) is 2.52. The number of nitrogens with one attached hydrogen (secondary N) is 2. The van der Waals surface area contributed by atoms with Crippen LogP contribution in [0.15, 0.2) is 36.4 Å². The highest BCUT2D eigenvalue weighted by atomic mass is 16.5. The first kappa shape index (κ1) is 15.8. The summed E-state index contributed by atoms with van der Waals surface area (Å²) in [5, 5.41) is 13.5. The number of nitrogens with zero attached hydrogens (tertiary/aromatic N) is 2. The molecule has 1 heterocycles. The van der Waals surface area contributed by atoms with Gasteiger partial charge in [0.15, 0.2) is 0 Å². The second-order valence-electron chi connectivity index (χ2n) is 5.33. The summed E-state index contributed by atoms with van der Waals surface area (Å²) in [5.41, 5.74) is 2.72. The highest BCUT2D eigenvalue weighted by Crippen LogP contribution is 2.29. The van der Waals surface area contributed by atoms with Gasteiger partial charge in [0, 0.05) is 11.1 Å². The predicted molar refractivity (Wildman–Crippen MR) is 89.3 cm³/mol. The topological polar surface area (TPSA) is 89.1 Å². The van der Waals surface area contributed by atoms with Crippen molar-refractivity contribution in [3.8, 4) is 11.5 Å². The van der Waals surface area contributed by atoms with Crippen LogP contribution in [0.25, 0.3) is 11.0 Å². The molecule has 1 amide bonds. The fourth-order valence-electron chi connectivity index (χ4n) is 2.52. The zero-order chi connectivity index (χ0) is 17.1. The Kier molecular flexibility index (Phi) is 4.33. The number of amides is 1. The molecule has 1 atom stereocenters. The Hall–Kier alpha value is -3.09. The minimum Gasteiger partial charge on any atom is -0.497 e. The van der Waals surface area contributed by atoms with Gasteiger partial charge in [-0.15, -0.1) is 0 Å². The first-order valence-corrected chi connectivity index (χ1v) is 7.45. The quantitative estimate of drug-likeness (QED) is 0.752. The summed E-state index contributed by atoms with van der Waals surface area (Å²) >= 11 is 0. The van der Waals surface area contributed by atoms with E-state index in [2.05, 4.69) is 20.7 Å². The maximum Gasteiger partial charge on any atom is 0.251 e. The van der Waals surface area contributed by atoms with Crippen LogP contribution >= 0.6 is 0 Å². The molecule has 0 aliphatic heterocycles. The lowest BCUT2D eigenvalue weighted by Gasteiger charge is -2.18. The van der Waals surface area contributed by atoms with Crippen molar-refractivity contribution in [1.29, 1.82) is 0 Å². The van der Waals surface area contributed by atoms with E-state index in [9.17, 15) is 4.79 Å². The number of aromatic nitrogens is 3. The normalized spacial score (nSPS) is 12.0. The van der Waals surface area contributed by atoms with E-state index in [-0.39, 0.29) is 11.9 Å². The highest BCUT2D eigenvalue weighted by molar-refractivity contribution is 5.97. The third-order valence-electron chi connectivity index (χ3n) is 3.83. The molecule has 0 unspecified atom stereocenters. The smallest absolute Gasteiger partial charge is 0.251 e. The summed E-state index contributed by atoms with van der Waals surface area (Å²) in [6.45, 7) is 1.89. The molecular formula is C17H18N4O3. The number of rotatable bonds is 5. The highest BCUT2D eigenvalue weighted by Gasteiger charge is 2.17. The molecule has 0 saturated heterocycles. The van der Waals surface area contributed by atoms with Crippen LogP contribution in [0.3, 0.4) is 0 Å². The SMILES string of the molecule is COc1ccc(OC)c([C@H](C)NC(=O)c2ccc3n[nH]nc3c2)c1. The number of H-pyrrole nitrogens is 1. The lowest BCUT2D eigenvalue weighted by Crippen LogP contribution is -2.27. The Balaban J connectivity index is 1.83. The summed E-state index contributed by atoms with van der Waals surface area (Å²) < 4.78 is 10.6. The Labute approximate surface area is 139 Å².